The summed E-state index contributed by atoms with van der Waals surface area (Å²) in [5, 5.41) is 9.53. The van der Waals surface area contributed by atoms with Gasteiger partial charge >= 0.3 is 5.97 Å². The van der Waals surface area contributed by atoms with Gasteiger partial charge in [0.15, 0.2) is 0 Å². The molecule has 0 radical (unpaired) electrons. The van der Waals surface area contributed by atoms with Crippen molar-refractivity contribution in [3.63, 3.8) is 0 Å². The van der Waals surface area contributed by atoms with E-state index in [1.54, 1.807) is 19.2 Å². The molecule has 1 N–H and O–H groups in total. The Labute approximate surface area is 114 Å². The third-order valence-corrected chi connectivity index (χ3v) is 3.32. The SMILES string of the molecule is COc1cccc(CSc2ccc(C(=O)O)cn2)n1. The monoisotopic (exact) mass is 276 g/mol. The summed E-state index contributed by atoms with van der Waals surface area (Å²) in [7, 11) is 1.57. The molecule has 5 nitrogen and oxygen atoms in total. The molecule has 2 heterocycles. The largest absolute Gasteiger partial charge is 0.481 e. The van der Waals surface area contributed by atoms with Gasteiger partial charge < -0.3 is 9.84 Å². The molecule has 0 spiro atoms. The highest BCUT2D eigenvalue weighted by Gasteiger charge is 2.04. The molecular formula is C13H12N2O3S. The summed E-state index contributed by atoms with van der Waals surface area (Å²) in [6.45, 7) is 0. The van der Waals surface area contributed by atoms with Crippen LogP contribution < -0.4 is 4.74 Å². The standard InChI is InChI=1S/C13H12N2O3S/c1-18-11-4-2-3-10(15-11)8-19-12-6-5-9(7-14-12)13(16)17/h2-7H,8H2,1H3,(H,16,17). The van der Waals surface area contributed by atoms with Gasteiger partial charge in [-0.15, -0.1) is 11.8 Å². The van der Waals surface area contributed by atoms with Gasteiger partial charge in [0.2, 0.25) is 5.88 Å². The van der Waals surface area contributed by atoms with E-state index < -0.39 is 5.97 Å². The van der Waals surface area contributed by atoms with Crippen LogP contribution in [0.2, 0.25) is 0 Å². The number of hydrogen-bond donors (Lipinski definition) is 1. The lowest BCUT2D eigenvalue weighted by Gasteiger charge is -2.03. The second-order valence-corrected chi connectivity index (χ2v) is 4.65. The number of thioether (sulfide) groups is 1. The maximum atomic E-state index is 10.7. The van der Waals surface area contributed by atoms with E-state index in [-0.39, 0.29) is 5.56 Å². The highest BCUT2D eigenvalue weighted by atomic mass is 32.2. The van der Waals surface area contributed by atoms with Crippen LogP contribution in [0.15, 0.2) is 41.6 Å². The molecule has 2 rings (SSSR count). The van der Waals surface area contributed by atoms with Gasteiger partial charge in [-0.2, -0.15) is 0 Å². The summed E-state index contributed by atoms with van der Waals surface area (Å²) in [6.07, 6.45) is 1.35. The zero-order chi connectivity index (χ0) is 13.7. The molecule has 0 aromatic carbocycles. The van der Waals surface area contributed by atoms with Crippen molar-refractivity contribution < 1.29 is 14.6 Å². The number of pyridine rings is 2. The van der Waals surface area contributed by atoms with Crippen LogP contribution in [0.1, 0.15) is 16.1 Å². The minimum absolute atomic E-state index is 0.184. The first-order valence-electron chi connectivity index (χ1n) is 5.51. The quantitative estimate of drug-likeness (QED) is 0.846. The zero-order valence-electron chi connectivity index (χ0n) is 10.2. The first-order chi connectivity index (χ1) is 9.19. The molecule has 0 bridgehead atoms. The molecule has 0 atom stereocenters. The number of ether oxygens (including phenoxy) is 1. The molecule has 0 aliphatic heterocycles. The Morgan fingerprint density at radius 3 is 2.84 bits per heavy atom. The van der Waals surface area contributed by atoms with E-state index in [1.807, 2.05) is 12.1 Å². The van der Waals surface area contributed by atoms with Crippen molar-refractivity contribution in [2.24, 2.45) is 0 Å². The number of rotatable bonds is 5. The number of carboxylic acid groups (broad SMARTS) is 1. The molecule has 0 aliphatic carbocycles. The molecule has 6 heteroatoms. The topological polar surface area (TPSA) is 72.3 Å². The Bertz CT molecular complexity index is 572. The fourth-order valence-corrected chi connectivity index (χ4v) is 2.14. The third-order valence-electron chi connectivity index (χ3n) is 2.34. The van der Waals surface area contributed by atoms with Crippen molar-refractivity contribution in [2.75, 3.05) is 7.11 Å². The smallest absolute Gasteiger partial charge is 0.337 e. The summed E-state index contributed by atoms with van der Waals surface area (Å²) >= 11 is 1.49. The molecule has 0 aliphatic rings. The number of nitrogens with zero attached hydrogens (tertiary/aromatic N) is 2. The van der Waals surface area contributed by atoms with Gasteiger partial charge in [-0.05, 0) is 18.2 Å². The summed E-state index contributed by atoms with van der Waals surface area (Å²) in [4.78, 5) is 19.1. The van der Waals surface area contributed by atoms with Gasteiger partial charge in [0.1, 0.15) is 0 Å². The van der Waals surface area contributed by atoms with Crippen molar-refractivity contribution in [1.82, 2.24) is 9.97 Å². The van der Waals surface area contributed by atoms with Crippen molar-refractivity contribution in [3.8, 4) is 5.88 Å². The number of aromatic carboxylic acids is 1. The molecule has 0 fully saturated rings. The second kappa shape index (κ2) is 6.19. The number of carbonyl (C=O) groups is 1. The van der Waals surface area contributed by atoms with Crippen molar-refractivity contribution >= 4 is 17.7 Å². The van der Waals surface area contributed by atoms with Crippen LogP contribution in [0.5, 0.6) is 5.88 Å². The Hall–Kier alpha value is -2.08. The van der Waals surface area contributed by atoms with Crippen LogP contribution in [0, 0.1) is 0 Å². The van der Waals surface area contributed by atoms with Gasteiger partial charge in [0.05, 0.1) is 23.4 Å². The van der Waals surface area contributed by atoms with Crippen LogP contribution >= 0.6 is 11.8 Å². The third kappa shape index (κ3) is 3.69. The van der Waals surface area contributed by atoms with E-state index in [0.29, 0.717) is 11.6 Å². The Morgan fingerprint density at radius 2 is 2.21 bits per heavy atom. The van der Waals surface area contributed by atoms with Gasteiger partial charge in [-0.25, -0.2) is 14.8 Å². The van der Waals surface area contributed by atoms with Gasteiger partial charge in [0, 0.05) is 18.0 Å². The molecule has 98 valence electrons. The summed E-state index contributed by atoms with van der Waals surface area (Å²) in [6, 6.07) is 8.79. The number of hydrogen-bond acceptors (Lipinski definition) is 5. The average Bonchev–Trinajstić information content (AvgIpc) is 2.46. The highest BCUT2D eigenvalue weighted by molar-refractivity contribution is 7.98. The molecule has 0 saturated carbocycles. The molecule has 2 aromatic rings. The van der Waals surface area contributed by atoms with Gasteiger partial charge in [-0.1, -0.05) is 6.07 Å². The molecule has 0 saturated heterocycles. The van der Waals surface area contributed by atoms with E-state index in [0.717, 1.165) is 10.7 Å². The maximum absolute atomic E-state index is 10.7. The Morgan fingerprint density at radius 1 is 1.37 bits per heavy atom. The molecule has 0 amide bonds. The van der Waals surface area contributed by atoms with Crippen LogP contribution in [-0.4, -0.2) is 28.2 Å². The van der Waals surface area contributed by atoms with Gasteiger partial charge in [-0.3, -0.25) is 0 Å². The average molecular weight is 276 g/mol. The van der Waals surface area contributed by atoms with Crippen LogP contribution in [-0.2, 0) is 5.75 Å². The number of methoxy groups -OCH3 is 1. The van der Waals surface area contributed by atoms with E-state index in [1.165, 1.54) is 24.0 Å². The second-order valence-electron chi connectivity index (χ2n) is 3.65. The molecule has 19 heavy (non-hydrogen) atoms. The van der Waals surface area contributed by atoms with Crippen LogP contribution in [0.25, 0.3) is 0 Å². The Kier molecular flexibility index (Phi) is 4.35. The van der Waals surface area contributed by atoms with Gasteiger partial charge in [0.25, 0.3) is 0 Å². The molecule has 0 unspecified atom stereocenters. The summed E-state index contributed by atoms with van der Waals surface area (Å²) in [5.41, 5.74) is 1.07. The normalized spacial score (nSPS) is 10.2. The van der Waals surface area contributed by atoms with Crippen LogP contribution in [0.4, 0.5) is 0 Å². The molecular weight excluding hydrogens is 264 g/mol. The maximum Gasteiger partial charge on any atom is 0.337 e. The molecule has 2 aromatic heterocycles. The summed E-state index contributed by atoms with van der Waals surface area (Å²) < 4.78 is 5.05. The lowest BCUT2D eigenvalue weighted by Crippen LogP contribution is -1.97. The fraction of sp³-hybridized carbons (Fsp3) is 0.154. The predicted octanol–water partition coefficient (Wildman–Crippen LogP) is 2.48. The van der Waals surface area contributed by atoms with Crippen molar-refractivity contribution in [3.05, 3.63) is 47.8 Å². The zero-order valence-corrected chi connectivity index (χ0v) is 11.1. The summed E-state index contributed by atoms with van der Waals surface area (Å²) in [5.74, 6) is 0.252. The lowest BCUT2D eigenvalue weighted by atomic mass is 10.3. The minimum Gasteiger partial charge on any atom is -0.481 e. The first kappa shape index (κ1) is 13.4. The number of carboxylic acids is 1. The van der Waals surface area contributed by atoms with E-state index in [9.17, 15) is 4.79 Å². The predicted molar refractivity (Wildman–Crippen MR) is 71.5 cm³/mol. The van der Waals surface area contributed by atoms with Crippen LogP contribution in [0.3, 0.4) is 0 Å². The lowest BCUT2D eigenvalue weighted by molar-refractivity contribution is 0.0696. The van der Waals surface area contributed by atoms with Crippen molar-refractivity contribution in [2.45, 2.75) is 10.8 Å². The van der Waals surface area contributed by atoms with E-state index >= 15 is 0 Å². The van der Waals surface area contributed by atoms with E-state index in [4.69, 9.17) is 9.84 Å². The minimum atomic E-state index is -0.974. The Balaban J connectivity index is 1.99. The van der Waals surface area contributed by atoms with E-state index in [2.05, 4.69) is 9.97 Å². The fourth-order valence-electron chi connectivity index (χ4n) is 1.39. The highest BCUT2D eigenvalue weighted by Crippen LogP contribution is 2.21. The number of aromatic nitrogens is 2. The first-order valence-corrected chi connectivity index (χ1v) is 6.49. The van der Waals surface area contributed by atoms with Crippen molar-refractivity contribution in [1.29, 1.82) is 0 Å².